The summed E-state index contributed by atoms with van der Waals surface area (Å²) >= 11 is 0. The lowest BCUT2D eigenvalue weighted by Crippen LogP contribution is -2.23. The van der Waals surface area contributed by atoms with Gasteiger partial charge in [0.15, 0.2) is 0 Å². The summed E-state index contributed by atoms with van der Waals surface area (Å²) in [5.74, 6) is -3.90. The van der Waals surface area contributed by atoms with Crippen LogP contribution in [-0.4, -0.2) is 48.0 Å². The monoisotopic (exact) mass is 449 g/mol. The van der Waals surface area contributed by atoms with Crippen LogP contribution in [0.15, 0.2) is 77.8 Å². The number of carboxylic acids is 2. The number of hydrogen-bond donors (Lipinski definition) is 3. The van der Waals surface area contributed by atoms with Crippen LogP contribution in [0.3, 0.4) is 0 Å². The molecular formula is C25H24FN3O4. The third-order valence-corrected chi connectivity index (χ3v) is 4.94. The number of hydrogen-bond acceptors (Lipinski definition) is 5. The maximum Gasteiger partial charge on any atom is 0.414 e. The summed E-state index contributed by atoms with van der Waals surface area (Å²) in [6.45, 7) is 1.82. The van der Waals surface area contributed by atoms with Crippen LogP contribution in [0, 0.1) is 5.82 Å². The topological polar surface area (TPSA) is 102 Å². The number of fused-ring (bicyclic) bond motifs is 2. The summed E-state index contributed by atoms with van der Waals surface area (Å²) in [4.78, 5) is 25.5. The van der Waals surface area contributed by atoms with Crippen LogP contribution in [0.2, 0.25) is 0 Å². The molecule has 0 spiro atoms. The summed E-state index contributed by atoms with van der Waals surface area (Å²) in [6, 6.07) is 23.0. The first-order chi connectivity index (χ1) is 15.9. The fourth-order valence-corrected chi connectivity index (χ4v) is 3.52. The summed E-state index contributed by atoms with van der Waals surface area (Å²) in [5, 5.41) is 18.0. The van der Waals surface area contributed by atoms with Crippen LogP contribution in [-0.2, 0) is 9.59 Å². The fraction of sp³-hybridized carbons (Fsp3) is 0.160. The van der Waals surface area contributed by atoms with E-state index in [2.05, 4.69) is 28.4 Å². The largest absolute Gasteiger partial charge is 0.473 e. The Morgan fingerprint density at radius 3 is 2.27 bits per heavy atom. The number of nitrogens with one attached hydrogen (secondary N) is 1. The molecule has 8 heteroatoms. The summed E-state index contributed by atoms with van der Waals surface area (Å²) in [5.41, 5.74) is 5.68. The molecule has 0 atom stereocenters. The Kier molecular flexibility index (Phi) is 7.88. The van der Waals surface area contributed by atoms with Crippen molar-refractivity contribution in [3.63, 3.8) is 0 Å². The highest BCUT2D eigenvalue weighted by Crippen LogP contribution is 2.40. The van der Waals surface area contributed by atoms with Gasteiger partial charge in [-0.3, -0.25) is 0 Å². The highest BCUT2D eigenvalue weighted by Gasteiger charge is 2.23. The van der Waals surface area contributed by atoms with E-state index in [4.69, 9.17) is 24.8 Å². The number of anilines is 2. The number of halogens is 1. The van der Waals surface area contributed by atoms with Crippen molar-refractivity contribution < 1.29 is 24.2 Å². The van der Waals surface area contributed by atoms with Crippen LogP contribution >= 0.6 is 0 Å². The molecule has 0 radical (unpaired) electrons. The molecule has 0 fully saturated rings. The van der Waals surface area contributed by atoms with Crippen molar-refractivity contribution in [3.05, 3.63) is 89.7 Å². The minimum atomic E-state index is -1.82. The van der Waals surface area contributed by atoms with Gasteiger partial charge in [-0.1, -0.05) is 42.5 Å². The van der Waals surface area contributed by atoms with Crippen molar-refractivity contribution >= 4 is 34.7 Å². The molecule has 33 heavy (non-hydrogen) atoms. The number of aliphatic imine (C=N–C) groups is 1. The molecule has 1 aliphatic rings. The van der Waals surface area contributed by atoms with Crippen LogP contribution in [0.25, 0.3) is 0 Å². The second kappa shape index (κ2) is 11.0. The van der Waals surface area contributed by atoms with E-state index in [0.717, 1.165) is 53.4 Å². The minimum absolute atomic E-state index is 0.254. The lowest BCUT2D eigenvalue weighted by molar-refractivity contribution is -0.159. The highest BCUT2D eigenvalue weighted by molar-refractivity contribution is 6.27. The van der Waals surface area contributed by atoms with Gasteiger partial charge in [0.2, 0.25) is 0 Å². The Morgan fingerprint density at radius 2 is 1.61 bits per heavy atom. The number of rotatable bonds is 5. The SMILES string of the molecule is CNCCCN1c2ccccc2N=C(c2cccc(F)c2)c2ccccc21.O=C(O)C(=O)O. The van der Waals surface area contributed by atoms with E-state index in [1.807, 2.05) is 43.4 Å². The molecule has 0 amide bonds. The van der Waals surface area contributed by atoms with Crippen molar-refractivity contribution in [1.29, 1.82) is 0 Å². The lowest BCUT2D eigenvalue weighted by atomic mass is 10.00. The summed E-state index contributed by atoms with van der Waals surface area (Å²) < 4.78 is 13.9. The third-order valence-electron chi connectivity index (χ3n) is 4.94. The van der Waals surface area contributed by atoms with Crippen molar-refractivity contribution in [2.75, 3.05) is 25.0 Å². The molecule has 3 aromatic rings. The molecule has 3 N–H and O–H groups in total. The fourth-order valence-electron chi connectivity index (χ4n) is 3.52. The van der Waals surface area contributed by atoms with Gasteiger partial charge < -0.3 is 20.4 Å². The Balaban J connectivity index is 0.000000454. The standard InChI is InChI=1S/C23H22FN3.C2H2O4/c1-25-14-7-15-27-21-12-4-2-10-19(21)23(17-8-6-9-18(24)16-17)26-20-11-3-5-13-22(20)27;3-1(4)2(5)6/h2-6,8-13,16,25H,7,14-15H2,1H3;(H,3,4)(H,5,6). The van der Waals surface area contributed by atoms with Gasteiger partial charge in [-0.05, 0) is 50.3 Å². The van der Waals surface area contributed by atoms with Crippen LogP contribution in [0.1, 0.15) is 17.5 Å². The van der Waals surface area contributed by atoms with Gasteiger partial charge in [0.05, 0.1) is 22.8 Å². The van der Waals surface area contributed by atoms with Gasteiger partial charge in [0.25, 0.3) is 0 Å². The van der Waals surface area contributed by atoms with Crippen molar-refractivity contribution in [1.82, 2.24) is 5.32 Å². The molecule has 0 unspecified atom stereocenters. The average Bonchev–Trinajstić information content (AvgIpc) is 2.95. The first-order valence-corrected chi connectivity index (χ1v) is 10.3. The first kappa shape index (κ1) is 23.6. The lowest BCUT2D eigenvalue weighted by Gasteiger charge is -2.26. The van der Waals surface area contributed by atoms with E-state index >= 15 is 0 Å². The number of carboxylic acid groups (broad SMARTS) is 2. The molecule has 0 aliphatic carbocycles. The number of nitrogens with zero attached hydrogens (tertiary/aromatic N) is 2. The predicted molar refractivity (Wildman–Crippen MR) is 125 cm³/mol. The number of benzene rings is 3. The van der Waals surface area contributed by atoms with Gasteiger partial charge in [0.1, 0.15) is 5.82 Å². The number of carbonyl (C=O) groups is 2. The van der Waals surface area contributed by atoms with Gasteiger partial charge in [-0.2, -0.15) is 0 Å². The van der Waals surface area contributed by atoms with E-state index < -0.39 is 11.9 Å². The third kappa shape index (κ3) is 5.81. The normalized spacial score (nSPS) is 11.8. The molecule has 0 saturated carbocycles. The van der Waals surface area contributed by atoms with Crippen molar-refractivity contribution in [3.8, 4) is 0 Å². The Labute approximate surface area is 190 Å². The zero-order valence-electron chi connectivity index (χ0n) is 18.0. The van der Waals surface area contributed by atoms with Crippen molar-refractivity contribution in [2.45, 2.75) is 6.42 Å². The van der Waals surface area contributed by atoms with Crippen LogP contribution in [0.5, 0.6) is 0 Å². The van der Waals surface area contributed by atoms with Gasteiger partial charge in [-0.15, -0.1) is 0 Å². The van der Waals surface area contributed by atoms with E-state index in [1.165, 1.54) is 6.07 Å². The smallest absolute Gasteiger partial charge is 0.414 e. The summed E-state index contributed by atoms with van der Waals surface area (Å²) in [6.07, 6.45) is 1.01. The van der Waals surface area contributed by atoms with E-state index in [-0.39, 0.29) is 5.82 Å². The van der Waals surface area contributed by atoms with Gasteiger partial charge >= 0.3 is 11.9 Å². The molecule has 0 aromatic heterocycles. The second-order valence-electron chi connectivity index (χ2n) is 7.20. The Hall–Kier alpha value is -4.04. The molecule has 0 bridgehead atoms. The molecule has 3 aromatic carbocycles. The molecule has 7 nitrogen and oxygen atoms in total. The maximum atomic E-state index is 13.9. The zero-order chi connectivity index (χ0) is 23.8. The van der Waals surface area contributed by atoms with Crippen LogP contribution < -0.4 is 10.2 Å². The minimum Gasteiger partial charge on any atom is -0.473 e. The number of aliphatic carboxylic acids is 2. The van der Waals surface area contributed by atoms with Crippen molar-refractivity contribution in [2.24, 2.45) is 4.99 Å². The first-order valence-electron chi connectivity index (χ1n) is 10.3. The van der Waals surface area contributed by atoms with E-state index in [1.54, 1.807) is 12.1 Å². The van der Waals surface area contributed by atoms with E-state index in [9.17, 15) is 4.39 Å². The van der Waals surface area contributed by atoms with E-state index in [0.29, 0.717) is 0 Å². The molecule has 4 rings (SSSR count). The molecular weight excluding hydrogens is 425 g/mol. The summed E-state index contributed by atoms with van der Waals surface area (Å²) in [7, 11) is 1.97. The molecule has 1 heterocycles. The van der Waals surface area contributed by atoms with Gasteiger partial charge in [0, 0.05) is 17.7 Å². The molecule has 0 saturated heterocycles. The van der Waals surface area contributed by atoms with Gasteiger partial charge in [-0.25, -0.2) is 19.0 Å². The number of para-hydroxylation sites is 3. The average molecular weight is 449 g/mol. The zero-order valence-corrected chi connectivity index (χ0v) is 18.0. The second-order valence-corrected chi connectivity index (χ2v) is 7.20. The maximum absolute atomic E-state index is 13.9. The Bertz CT molecular complexity index is 1170. The van der Waals surface area contributed by atoms with Crippen LogP contribution in [0.4, 0.5) is 21.5 Å². The Morgan fingerprint density at radius 1 is 0.939 bits per heavy atom. The molecule has 170 valence electrons. The highest BCUT2D eigenvalue weighted by atomic mass is 19.1. The predicted octanol–water partition coefficient (Wildman–Crippen LogP) is 4.21. The molecule has 1 aliphatic heterocycles. The quantitative estimate of drug-likeness (QED) is 0.398.